The zero-order chi connectivity index (χ0) is 18.0. The zero-order valence-corrected chi connectivity index (χ0v) is 14.5. The molecule has 25 heavy (non-hydrogen) atoms. The van der Waals surface area contributed by atoms with Crippen molar-refractivity contribution in [2.75, 3.05) is 23.5 Å². The minimum atomic E-state index is -0.426. The van der Waals surface area contributed by atoms with Gasteiger partial charge in [0.2, 0.25) is 0 Å². The Labute approximate surface area is 147 Å². The lowest BCUT2D eigenvalue weighted by Crippen LogP contribution is -2.45. The van der Waals surface area contributed by atoms with Crippen molar-refractivity contribution in [3.05, 3.63) is 66.5 Å². The highest BCUT2D eigenvalue weighted by molar-refractivity contribution is 6.29. The average Bonchev–Trinajstić information content (AvgIpc) is 2.61. The number of anilines is 2. The molecule has 1 heterocycles. The highest BCUT2D eigenvalue weighted by atomic mass is 19.1. The Balaban J connectivity index is 2.10. The van der Waals surface area contributed by atoms with Gasteiger partial charge < -0.3 is 4.90 Å². The molecule has 0 saturated carbocycles. The summed E-state index contributed by atoms with van der Waals surface area (Å²) in [7, 11) is 0. The number of aliphatic imine (C=N–C) groups is 1. The standard InChI is InChI=1S/C20H22FN3O/c1-14(15-8-5-4-6-9-15)19-22-12-20(2,3)13-24(19)18-16(21)10-7-11-17(18)23-25/h4-11,23,25H,1,12-13H2,2-3H3. The Kier molecular flexibility index (Phi) is 4.59. The van der Waals surface area contributed by atoms with Crippen LogP contribution in [0.15, 0.2) is 60.1 Å². The largest absolute Gasteiger partial charge is 0.321 e. The molecule has 0 bridgehead atoms. The van der Waals surface area contributed by atoms with E-state index >= 15 is 0 Å². The molecule has 0 fully saturated rings. The smallest absolute Gasteiger partial charge is 0.149 e. The van der Waals surface area contributed by atoms with Crippen molar-refractivity contribution in [1.29, 1.82) is 0 Å². The van der Waals surface area contributed by atoms with Gasteiger partial charge in [0.1, 0.15) is 17.3 Å². The summed E-state index contributed by atoms with van der Waals surface area (Å²) in [5, 5.41) is 9.44. The van der Waals surface area contributed by atoms with Crippen molar-refractivity contribution < 1.29 is 9.60 Å². The van der Waals surface area contributed by atoms with Crippen LogP contribution in [0, 0.1) is 11.2 Å². The molecule has 0 unspecified atom stereocenters. The van der Waals surface area contributed by atoms with Gasteiger partial charge in [-0.25, -0.2) is 4.39 Å². The SMILES string of the molecule is C=C(C1=NCC(C)(C)CN1c1c(F)cccc1NO)c1ccccc1. The fourth-order valence-electron chi connectivity index (χ4n) is 3.02. The lowest BCUT2D eigenvalue weighted by molar-refractivity contribution is 0.376. The van der Waals surface area contributed by atoms with Crippen LogP contribution in [-0.2, 0) is 0 Å². The zero-order valence-electron chi connectivity index (χ0n) is 14.5. The summed E-state index contributed by atoms with van der Waals surface area (Å²) in [6.07, 6.45) is 0. The lowest BCUT2D eigenvalue weighted by Gasteiger charge is -2.39. The van der Waals surface area contributed by atoms with Crippen molar-refractivity contribution in [3.8, 4) is 0 Å². The number of rotatable bonds is 4. The molecule has 2 aromatic rings. The molecular formula is C20H22FN3O. The van der Waals surface area contributed by atoms with Crippen LogP contribution in [0.3, 0.4) is 0 Å². The first-order valence-corrected chi connectivity index (χ1v) is 8.18. The lowest BCUT2D eigenvalue weighted by atomic mass is 9.89. The third kappa shape index (κ3) is 3.42. The van der Waals surface area contributed by atoms with E-state index in [1.807, 2.05) is 30.3 Å². The molecule has 0 atom stereocenters. The molecule has 0 amide bonds. The first-order valence-electron chi connectivity index (χ1n) is 8.18. The number of hydrogen-bond acceptors (Lipinski definition) is 4. The molecule has 0 aliphatic carbocycles. The van der Waals surface area contributed by atoms with Crippen LogP contribution in [0.25, 0.3) is 5.57 Å². The van der Waals surface area contributed by atoms with Crippen LogP contribution in [0.4, 0.5) is 15.8 Å². The molecule has 0 saturated heterocycles. The van der Waals surface area contributed by atoms with Gasteiger partial charge in [0.15, 0.2) is 0 Å². The number of nitrogens with one attached hydrogen (secondary N) is 1. The molecule has 1 aliphatic heterocycles. The Morgan fingerprint density at radius 2 is 1.92 bits per heavy atom. The van der Waals surface area contributed by atoms with Crippen LogP contribution in [0.1, 0.15) is 19.4 Å². The fourth-order valence-corrected chi connectivity index (χ4v) is 3.02. The Hall–Kier alpha value is -2.66. The maximum atomic E-state index is 14.6. The van der Waals surface area contributed by atoms with Crippen LogP contribution < -0.4 is 10.4 Å². The summed E-state index contributed by atoms with van der Waals surface area (Å²) in [5.74, 6) is 0.192. The second kappa shape index (κ2) is 6.69. The van der Waals surface area contributed by atoms with E-state index in [1.54, 1.807) is 17.0 Å². The maximum absolute atomic E-state index is 14.6. The van der Waals surface area contributed by atoms with Gasteiger partial charge in [-0.3, -0.25) is 15.7 Å². The monoisotopic (exact) mass is 339 g/mol. The molecular weight excluding hydrogens is 317 g/mol. The van der Waals surface area contributed by atoms with E-state index in [9.17, 15) is 9.60 Å². The molecule has 2 aromatic carbocycles. The Morgan fingerprint density at radius 3 is 2.60 bits per heavy atom. The molecule has 4 nitrogen and oxygen atoms in total. The number of nitrogens with zero attached hydrogens (tertiary/aromatic N) is 2. The molecule has 3 rings (SSSR count). The van der Waals surface area contributed by atoms with E-state index in [0.717, 1.165) is 11.1 Å². The highest BCUT2D eigenvalue weighted by Crippen LogP contribution is 2.36. The summed E-state index contributed by atoms with van der Waals surface area (Å²) >= 11 is 0. The molecule has 0 spiro atoms. The van der Waals surface area contributed by atoms with Crippen LogP contribution >= 0.6 is 0 Å². The fraction of sp³-hybridized carbons (Fsp3) is 0.250. The summed E-state index contributed by atoms with van der Waals surface area (Å²) < 4.78 is 14.6. The van der Waals surface area contributed by atoms with Crippen LogP contribution in [-0.4, -0.2) is 24.1 Å². The summed E-state index contributed by atoms with van der Waals surface area (Å²) in [6.45, 7) is 9.53. The van der Waals surface area contributed by atoms with Gasteiger partial charge in [0.25, 0.3) is 0 Å². The molecule has 2 N–H and O–H groups in total. The van der Waals surface area contributed by atoms with E-state index < -0.39 is 5.82 Å². The topological polar surface area (TPSA) is 47.9 Å². The normalized spacial score (nSPS) is 16.3. The number of halogens is 1. The molecule has 130 valence electrons. The quantitative estimate of drug-likeness (QED) is 0.801. The highest BCUT2D eigenvalue weighted by Gasteiger charge is 2.33. The van der Waals surface area contributed by atoms with Crippen molar-refractivity contribution >= 4 is 22.8 Å². The predicted molar refractivity (Wildman–Crippen MR) is 101 cm³/mol. The summed E-state index contributed by atoms with van der Waals surface area (Å²) in [5.41, 5.74) is 4.19. The second-order valence-corrected chi connectivity index (χ2v) is 6.98. The minimum Gasteiger partial charge on any atom is -0.321 e. The van der Waals surface area contributed by atoms with Crippen LogP contribution in [0.5, 0.6) is 0 Å². The van der Waals surface area contributed by atoms with Crippen molar-refractivity contribution in [2.45, 2.75) is 13.8 Å². The van der Waals surface area contributed by atoms with Gasteiger partial charge >= 0.3 is 0 Å². The van der Waals surface area contributed by atoms with Gasteiger partial charge in [-0.05, 0) is 17.7 Å². The molecule has 5 heteroatoms. The van der Waals surface area contributed by atoms with Crippen molar-refractivity contribution in [3.63, 3.8) is 0 Å². The predicted octanol–water partition coefficient (Wildman–Crippen LogP) is 4.58. The molecule has 0 radical (unpaired) electrons. The van der Waals surface area contributed by atoms with Crippen molar-refractivity contribution in [1.82, 2.24) is 0 Å². The van der Waals surface area contributed by atoms with E-state index in [2.05, 4.69) is 25.9 Å². The van der Waals surface area contributed by atoms with Crippen molar-refractivity contribution in [2.24, 2.45) is 10.4 Å². The van der Waals surface area contributed by atoms with Gasteiger partial charge in [-0.15, -0.1) is 0 Å². The van der Waals surface area contributed by atoms with Gasteiger partial charge in [-0.1, -0.05) is 56.8 Å². The van der Waals surface area contributed by atoms with E-state index in [0.29, 0.717) is 24.6 Å². The second-order valence-electron chi connectivity index (χ2n) is 6.98. The van der Waals surface area contributed by atoms with Gasteiger partial charge in [0, 0.05) is 24.1 Å². The average molecular weight is 339 g/mol. The molecule has 1 aliphatic rings. The van der Waals surface area contributed by atoms with E-state index in [-0.39, 0.29) is 11.1 Å². The third-order valence-corrected chi connectivity index (χ3v) is 4.27. The number of para-hydroxylation sites is 1. The first-order chi connectivity index (χ1) is 11.9. The number of amidine groups is 1. The van der Waals surface area contributed by atoms with Crippen LogP contribution in [0.2, 0.25) is 0 Å². The third-order valence-electron chi connectivity index (χ3n) is 4.27. The maximum Gasteiger partial charge on any atom is 0.149 e. The number of hydrogen-bond donors (Lipinski definition) is 2. The molecule has 0 aromatic heterocycles. The van der Waals surface area contributed by atoms with E-state index in [4.69, 9.17) is 4.99 Å². The van der Waals surface area contributed by atoms with E-state index in [1.165, 1.54) is 6.07 Å². The minimum absolute atomic E-state index is 0.129. The van der Waals surface area contributed by atoms with Gasteiger partial charge in [0.05, 0.1) is 5.69 Å². The Bertz CT molecular complexity index is 815. The number of benzene rings is 2. The Morgan fingerprint density at radius 1 is 1.20 bits per heavy atom. The first kappa shape index (κ1) is 17.2. The van der Waals surface area contributed by atoms with Gasteiger partial charge in [-0.2, -0.15) is 0 Å². The summed E-state index contributed by atoms with van der Waals surface area (Å²) in [4.78, 5) is 6.50. The summed E-state index contributed by atoms with van der Waals surface area (Å²) in [6, 6.07) is 14.3.